The van der Waals surface area contributed by atoms with Crippen molar-refractivity contribution in [2.24, 2.45) is 0 Å². The first kappa shape index (κ1) is 20.6. The van der Waals surface area contributed by atoms with E-state index < -0.39 is 5.97 Å². The number of ether oxygens (including phenoxy) is 3. The van der Waals surface area contributed by atoms with Crippen LogP contribution in [0.2, 0.25) is 0 Å². The number of hydrogen-bond acceptors (Lipinski definition) is 4. The van der Waals surface area contributed by atoms with Crippen molar-refractivity contribution in [1.29, 1.82) is 0 Å². The Morgan fingerprint density at radius 2 is 1.30 bits per heavy atom. The summed E-state index contributed by atoms with van der Waals surface area (Å²) in [6.45, 7) is 4.94. The standard InChI is InChI=1S/C19H36O4/c1-3-5-6-7-8-9-10-11-12-13-14-15-19(21-4-2)22-16-18(20)17-23-19/h3-17H2,1-2H3. The van der Waals surface area contributed by atoms with Crippen molar-refractivity contribution in [2.75, 3.05) is 19.8 Å². The molecule has 1 aliphatic heterocycles. The smallest absolute Gasteiger partial charge is 0.283 e. The van der Waals surface area contributed by atoms with Gasteiger partial charge in [-0.1, -0.05) is 71.1 Å². The number of ketones is 1. The zero-order valence-electron chi connectivity index (χ0n) is 15.2. The van der Waals surface area contributed by atoms with Gasteiger partial charge in [0.1, 0.15) is 13.2 Å². The topological polar surface area (TPSA) is 44.8 Å². The molecule has 136 valence electrons. The van der Waals surface area contributed by atoms with E-state index in [1.807, 2.05) is 6.92 Å². The van der Waals surface area contributed by atoms with Crippen LogP contribution in [0.4, 0.5) is 0 Å². The predicted octanol–water partition coefficient (Wildman–Crippen LogP) is 4.99. The Labute approximate surface area is 142 Å². The lowest BCUT2D eigenvalue weighted by atomic mass is 10.0. The first-order chi connectivity index (χ1) is 11.2. The van der Waals surface area contributed by atoms with Gasteiger partial charge in [0.25, 0.3) is 5.97 Å². The van der Waals surface area contributed by atoms with E-state index in [2.05, 4.69) is 6.92 Å². The van der Waals surface area contributed by atoms with Crippen LogP contribution in [0.3, 0.4) is 0 Å². The summed E-state index contributed by atoms with van der Waals surface area (Å²) in [5.74, 6) is -0.985. The van der Waals surface area contributed by atoms with E-state index in [9.17, 15) is 4.79 Å². The maximum atomic E-state index is 11.2. The van der Waals surface area contributed by atoms with Crippen LogP contribution < -0.4 is 0 Å². The fraction of sp³-hybridized carbons (Fsp3) is 0.947. The molecule has 0 bridgehead atoms. The predicted molar refractivity (Wildman–Crippen MR) is 92.3 cm³/mol. The number of Topliss-reactive ketones (excluding diaryl/α,β-unsaturated/α-hetero) is 1. The van der Waals surface area contributed by atoms with Crippen LogP contribution in [-0.2, 0) is 19.0 Å². The molecule has 4 heteroatoms. The SMILES string of the molecule is CCCCCCCCCCCCCC1(OCC)OCC(=O)CO1. The third-order valence-electron chi connectivity index (χ3n) is 4.36. The molecule has 0 aromatic carbocycles. The van der Waals surface area contributed by atoms with E-state index >= 15 is 0 Å². The Hall–Kier alpha value is -0.450. The molecular formula is C19H36O4. The van der Waals surface area contributed by atoms with Gasteiger partial charge in [-0.15, -0.1) is 0 Å². The minimum atomic E-state index is -0.970. The molecule has 0 aromatic rings. The van der Waals surface area contributed by atoms with Crippen LogP contribution in [-0.4, -0.2) is 31.6 Å². The Morgan fingerprint density at radius 1 is 0.826 bits per heavy atom. The monoisotopic (exact) mass is 328 g/mol. The number of carbonyl (C=O) groups is 1. The molecule has 0 amide bonds. The highest BCUT2D eigenvalue weighted by molar-refractivity contribution is 5.81. The van der Waals surface area contributed by atoms with Gasteiger partial charge in [0.05, 0.1) is 0 Å². The van der Waals surface area contributed by atoms with E-state index in [1.165, 1.54) is 64.2 Å². The molecule has 0 unspecified atom stereocenters. The number of carbonyl (C=O) groups excluding carboxylic acids is 1. The van der Waals surface area contributed by atoms with E-state index in [4.69, 9.17) is 14.2 Å². The quantitative estimate of drug-likeness (QED) is 0.421. The minimum Gasteiger partial charge on any atom is -0.328 e. The van der Waals surface area contributed by atoms with Gasteiger partial charge in [0, 0.05) is 13.0 Å². The van der Waals surface area contributed by atoms with Gasteiger partial charge in [-0.25, -0.2) is 0 Å². The second kappa shape index (κ2) is 12.9. The zero-order chi connectivity index (χ0) is 16.8. The van der Waals surface area contributed by atoms with Crippen LogP contribution in [0, 0.1) is 0 Å². The highest BCUT2D eigenvalue weighted by Gasteiger charge is 2.37. The summed E-state index contributed by atoms with van der Waals surface area (Å²) in [6.07, 6.45) is 15.1. The van der Waals surface area contributed by atoms with Crippen LogP contribution in [0.5, 0.6) is 0 Å². The van der Waals surface area contributed by atoms with Crippen LogP contribution in [0.15, 0.2) is 0 Å². The largest absolute Gasteiger partial charge is 0.328 e. The molecule has 0 radical (unpaired) electrons. The molecule has 23 heavy (non-hydrogen) atoms. The molecule has 4 nitrogen and oxygen atoms in total. The highest BCUT2D eigenvalue weighted by Crippen LogP contribution is 2.26. The fourth-order valence-electron chi connectivity index (χ4n) is 2.99. The molecule has 1 aliphatic rings. The Bertz CT molecular complexity index is 294. The number of hydrogen-bond donors (Lipinski definition) is 0. The molecule has 0 N–H and O–H groups in total. The van der Waals surface area contributed by atoms with Gasteiger partial charge in [-0.2, -0.15) is 0 Å². The summed E-state index contributed by atoms with van der Waals surface area (Å²) in [5.41, 5.74) is 0. The van der Waals surface area contributed by atoms with Crippen molar-refractivity contribution in [3.63, 3.8) is 0 Å². The van der Waals surface area contributed by atoms with Crippen molar-refractivity contribution in [3.8, 4) is 0 Å². The molecule has 1 rings (SSSR count). The van der Waals surface area contributed by atoms with Gasteiger partial charge in [0.15, 0.2) is 5.78 Å². The van der Waals surface area contributed by atoms with E-state index in [-0.39, 0.29) is 19.0 Å². The second-order valence-electron chi connectivity index (χ2n) is 6.52. The first-order valence-corrected chi connectivity index (χ1v) is 9.66. The van der Waals surface area contributed by atoms with Crippen molar-refractivity contribution >= 4 is 5.78 Å². The zero-order valence-corrected chi connectivity index (χ0v) is 15.2. The Balaban J connectivity index is 1.99. The molecule has 0 aromatic heterocycles. The number of rotatable bonds is 14. The lowest BCUT2D eigenvalue weighted by molar-refractivity contribution is -0.388. The van der Waals surface area contributed by atoms with Gasteiger partial charge in [-0.05, 0) is 13.3 Å². The Kier molecular flexibility index (Phi) is 11.6. The van der Waals surface area contributed by atoms with Crippen LogP contribution in [0.25, 0.3) is 0 Å². The highest BCUT2D eigenvalue weighted by atomic mass is 16.9. The molecule has 1 saturated heterocycles. The van der Waals surface area contributed by atoms with E-state index in [1.54, 1.807) is 0 Å². The summed E-state index contributed by atoms with van der Waals surface area (Å²) in [7, 11) is 0. The number of unbranched alkanes of at least 4 members (excludes halogenated alkanes) is 10. The fourth-order valence-corrected chi connectivity index (χ4v) is 2.99. The average molecular weight is 328 g/mol. The summed E-state index contributed by atoms with van der Waals surface area (Å²) in [5, 5.41) is 0. The molecule has 0 saturated carbocycles. The molecule has 1 heterocycles. The maximum Gasteiger partial charge on any atom is 0.283 e. The van der Waals surface area contributed by atoms with Gasteiger partial charge in [0.2, 0.25) is 0 Å². The molecule has 0 aliphatic carbocycles. The first-order valence-electron chi connectivity index (χ1n) is 9.66. The van der Waals surface area contributed by atoms with Crippen molar-refractivity contribution in [3.05, 3.63) is 0 Å². The summed E-state index contributed by atoms with van der Waals surface area (Å²) in [4.78, 5) is 11.2. The summed E-state index contributed by atoms with van der Waals surface area (Å²) < 4.78 is 16.6. The van der Waals surface area contributed by atoms with Crippen molar-refractivity contribution in [2.45, 2.75) is 96.9 Å². The Morgan fingerprint density at radius 3 is 1.78 bits per heavy atom. The summed E-state index contributed by atoms with van der Waals surface area (Å²) in [6, 6.07) is 0. The van der Waals surface area contributed by atoms with Crippen LogP contribution >= 0.6 is 0 Å². The van der Waals surface area contributed by atoms with Crippen molar-refractivity contribution < 1.29 is 19.0 Å². The minimum absolute atomic E-state index is 0.0146. The molecule has 1 fully saturated rings. The average Bonchev–Trinajstić information content (AvgIpc) is 2.56. The normalized spacial score (nSPS) is 17.6. The van der Waals surface area contributed by atoms with Gasteiger partial charge < -0.3 is 14.2 Å². The lowest BCUT2D eigenvalue weighted by Crippen LogP contribution is -2.46. The van der Waals surface area contributed by atoms with E-state index in [0.29, 0.717) is 13.0 Å². The molecular weight excluding hydrogens is 292 g/mol. The van der Waals surface area contributed by atoms with Crippen molar-refractivity contribution in [1.82, 2.24) is 0 Å². The second-order valence-corrected chi connectivity index (χ2v) is 6.52. The maximum absolute atomic E-state index is 11.2. The molecule has 0 spiro atoms. The lowest BCUT2D eigenvalue weighted by Gasteiger charge is -2.35. The molecule has 0 atom stereocenters. The summed E-state index contributed by atoms with van der Waals surface area (Å²) >= 11 is 0. The van der Waals surface area contributed by atoms with E-state index in [0.717, 1.165) is 6.42 Å². The third kappa shape index (κ3) is 9.43. The van der Waals surface area contributed by atoms with Crippen LogP contribution in [0.1, 0.15) is 90.9 Å². The van der Waals surface area contributed by atoms with Gasteiger partial charge in [-0.3, -0.25) is 4.79 Å². The third-order valence-corrected chi connectivity index (χ3v) is 4.36. The van der Waals surface area contributed by atoms with Gasteiger partial charge >= 0.3 is 0 Å².